The average Bonchev–Trinajstić information content (AvgIpc) is 2.70. The van der Waals surface area contributed by atoms with Crippen LogP contribution in [0.1, 0.15) is 11.1 Å². The fourth-order valence-electron chi connectivity index (χ4n) is 1.91. The molecule has 0 aliphatic carbocycles. The first-order chi connectivity index (χ1) is 12.6. The quantitative estimate of drug-likeness (QED) is 0.657. The summed E-state index contributed by atoms with van der Waals surface area (Å²) in [5.41, 5.74) is 2.38. The third-order valence-corrected chi connectivity index (χ3v) is 3.44. The molecule has 0 amide bonds. The summed E-state index contributed by atoms with van der Waals surface area (Å²) in [4.78, 5) is 3.85. The second-order valence-electron chi connectivity index (χ2n) is 5.38. The van der Waals surface area contributed by atoms with Gasteiger partial charge in [-0.05, 0) is 55.3 Å². The van der Waals surface area contributed by atoms with Crippen molar-refractivity contribution in [2.75, 3.05) is 21.3 Å². The number of pyridine rings is 1. The first-order valence-corrected chi connectivity index (χ1v) is 8.25. The largest absolute Gasteiger partial charge is 0.497 e. The third kappa shape index (κ3) is 8.20. The Labute approximate surface area is 156 Å². The molecule has 4 nitrogen and oxygen atoms in total. The molecule has 0 aliphatic heterocycles. The van der Waals surface area contributed by atoms with Crippen molar-refractivity contribution in [3.63, 3.8) is 0 Å². The summed E-state index contributed by atoms with van der Waals surface area (Å²) in [6, 6.07) is 19.4. The minimum atomic E-state index is 0.826. The Morgan fingerprint density at radius 1 is 0.654 bits per heavy atom. The van der Waals surface area contributed by atoms with Crippen molar-refractivity contribution >= 4 is 0 Å². The van der Waals surface area contributed by atoms with Crippen molar-refractivity contribution in [2.24, 2.45) is 0 Å². The van der Waals surface area contributed by atoms with E-state index in [0.29, 0.717) is 0 Å². The molecule has 0 aliphatic rings. The van der Waals surface area contributed by atoms with Crippen LogP contribution >= 0.6 is 0 Å². The van der Waals surface area contributed by atoms with Gasteiger partial charge in [-0.15, -0.1) is 0 Å². The lowest BCUT2D eigenvalue weighted by Gasteiger charge is -2.05. The van der Waals surface area contributed by atoms with E-state index in [9.17, 15) is 0 Å². The number of nitrogens with zero attached hydrogens (tertiary/aromatic N) is 1. The summed E-state index contributed by atoms with van der Waals surface area (Å²) in [6.45, 7) is 4.04. The van der Waals surface area contributed by atoms with Crippen molar-refractivity contribution in [1.82, 2.24) is 4.98 Å². The van der Waals surface area contributed by atoms with E-state index in [1.54, 1.807) is 33.7 Å². The van der Waals surface area contributed by atoms with Gasteiger partial charge in [0.15, 0.2) is 0 Å². The van der Waals surface area contributed by atoms with Crippen LogP contribution in [0.3, 0.4) is 0 Å². The number of hydrogen-bond donors (Lipinski definition) is 0. The molecule has 4 heteroatoms. The van der Waals surface area contributed by atoms with Crippen molar-refractivity contribution in [1.29, 1.82) is 0 Å². The number of benzene rings is 2. The minimum absolute atomic E-state index is 0.826. The Morgan fingerprint density at radius 3 is 1.69 bits per heavy atom. The number of hydrogen-bond acceptors (Lipinski definition) is 4. The van der Waals surface area contributed by atoms with Crippen molar-refractivity contribution < 1.29 is 14.2 Å². The highest BCUT2D eigenvalue weighted by Gasteiger charge is 1.98. The second kappa shape index (κ2) is 12.4. The summed E-state index contributed by atoms with van der Waals surface area (Å²) >= 11 is 0. The molecule has 3 aromatic rings. The number of aromatic nitrogens is 1. The van der Waals surface area contributed by atoms with Crippen molar-refractivity contribution in [2.45, 2.75) is 13.8 Å². The summed E-state index contributed by atoms with van der Waals surface area (Å²) in [5, 5.41) is 0. The fraction of sp³-hybridized carbons (Fsp3) is 0.227. The normalized spacial score (nSPS) is 8.96. The molecule has 2 aromatic carbocycles. The Bertz CT molecular complexity index is 731. The molecular formula is C22H27NO3. The lowest BCUT2D eigenvalue weighted by atomic mass is 10.2. The molecule has 26 heavy (non-hydrogen) atoms. The molecular weight excluding hydrogens is 326 g/mol. The molecule has 0 N–H and O–H groups in total. The highest BCUT2D eigenvalue weighted by atomic mass is 16.5. The van der Waals surface area contributed by atoms with Crippen LogP contribution in [0.4, 0.5) is 0 Å². The van der Waals surface area contributed by atoms with Gasteiger partial charge in [0.1, 0.15) is 17.2 Å². The molecule has 0 radical (unpaired) electrons. The molecule has 0 atom stereocenters. The summed E-state index contributed by atoms with van der Waals surface area (Å²) in [6.07, 6.45) is 3.57. The maximum Gasteiger partial charge on any atom is 0.125 e. The Balaban J connectivity index is 0.000000201. The van der Waals surface area contributed by atoms with Gasteiger partial charge in [-0.3, -0.25) is 4.98 Å². The van der Waals surface area contributed by atoms with Gasteiger partial charge in [0, 0.05) is 18.5 Å². The number of rotatable bonds is 3. The van der Waals surface area contributed by atoms with Crippen LogP contribution < -0.4 is 14.2 Å². The third-order valence-electron chi connectivity index (χ3n) is 3.44. The van der Waals surface area contributed by atoms with E-state index in [1.807, 2.05) is 74.5 Å². The van der Waals surface area contributed by atoms with E-state index in [-0.39, 0.29) is 0 Å². The maximum atomic E-state index is 5.11. The Hall–Kier alpha value is -3.01. The molecule has 0 saturated heterocycles. The predicted molar refractivity (Wildman–Crippen MR) is 106 cm³/mol. The van der Waals surface area contributed by atoms with Crippen LogP contribution in [0.25, 0.3) is 0 Å². The summed E-state index contributed by atoms with van der Waals surface area (Å²) in [5.74, 6) is 2.60. The van der Waals surface area contributed by atoms with Gasteiger partial charge < -0.3 is 14.2 Å². The Morgan fingerprint density at radius 2 is 1.27 bits per heavy atom. The summed E-state index contributed by atoms with van der Waals surface area (Å²) in [7, 11) is 4.96. The second-order valence-corrected chi connectivity index (χ2v) is 5.38. The van der Waals surface area contributed by atoms with Crippen LogP contribution in [-0.4, -0.2) is 26.3 Å². The highest BCUT2D eigenvalue weighted by Crippen LogP contribution is 2.23. The standard InChI is InChI=1S/C9H12O2.C7H8O.C6H7N/c1-7-4-5-8(10-2)6-9(7)11-3;1-8-7-5-3-2-4-6-7;1-6-2-4-7-5-3-6/h4-6H,1-3H3;2-6H,1H3;2-5H,1H3. The molecule has 0 fully saturated rings. The minimum Gasteiger partial charge on any atom is -0.497 e. The van der Waals surface area contributed by atoms with E-state index in [4.69, 9.17) is 14.2 Å². The molecule has 0 spiro atoms. The number of ether oxygens (including phenoxy) is 3. The zero-order valence-corrected chi connectivity index (χ0v) is 16.1. The van der Waals surface area contributed by atoms with Gasteiger partial charge in [-0.1, -0.05) is 24.3 Å². The Kier molecular flexibility index (Phi) is 10.0. The number of methoxy groups -OCH3 is 3. The smallest absolute Gasteiger partial charge is 0.125 e. The van der Waals surface area contributed by atoms with Crippen LogP contribution in [0.2, 0.25) is 0 Å². The van der Waals surface area contributed by atoms with E-state index in [0.717, 1.165) is 22.8 Å². The van der Waals surface area contributed by atoms with Gasteiger partial charge in [0.05, 0.1) is 21.3 Å². The van der Waals surface area contributed by atoms with Gasteiger partial charge in [-0.2, -0.15) is 0 Å². The molecule has 0 saturated carbocycles. The van der Waals surface area contributed by atoms with Gasteiger partial charge in [-0.25, -0.2) is 0 Å². The summed E-state index contributed by atoms with van der Waals surface area (Å²) < 4.78 is 15.1. The highest BCUT2D eigenvalue weighted by molar-refractivity contribution is 5.39. The predicted octanol–water partition coefficient (Wildman–Crippen LogP) is 5.10. The average molecular weight is 353 g/mol. The number of aryl methyl sites for hydroxylation is 2. The monoisotopic (exact) mass is 353 g/mol. The first kappa shape index (κ1) is 21.0. The fourth-order valence-corrected chi connectivity index (χ4v) is 1.91. The molecule has 1 aromatic heterocycles. The topological polar surface area (TPSA) is 40.6 Å². The van der Waals surface area contributed by atoms with E-state index in [1.165, 1.54) is 5.56 Å². The van der Waals surface area contributed by atoms with Gasteiger partial charge in [0.2, 0.25) is 0 Å². The SMILES string of the molecule is COc1ccc(C)c(OC)c1.COc1ccccc1.Cc1ccncc1. The van der Waals surface area contributed by atoms with E-state index >= 15 is 0 Å². The molecule has 0 bridgehead atoms. The van der Waals surface area contributed by atoms with Crippen LogP contribution in [-0.2, 0) is 0 Å². The van der Waals surface area contributed by atoms with Crippen molar-refractivity contribution in [3.05, 3.63) is 84.2 Å². The molecule has 0 unspecified atom stereocenters. The molecule has 138 valence electrons. The lowest BCUT2D eigenvalue weighted by molar-refractivity contribution is 0.392. The first-order valence-electron chi connectivity index (χ1n) is 8.25. The van der Waals surface area contributed by atoms with Crippen LogP contribution in [0.5, 0.6) is 17.2 Å². The molecule has 1 heterocycles. The maximum absolute atomic E-state index is 5.11. The van der Waals surface area contributed by atoms with E-state index < -0.39 is 0 Å². The number of para-hydroxylation sites is 1. The van der Waals surface area contributed by atoms with Gasteiger partial charge >= 0.3 is 0 Å². The molecule has 3 rings (SSSR count). The van der Waals surface area contributed by atoms with Crippen LogP contribution in [0, 0.1) is 13.8 Å². The lowest BCUT2D eigenvalue weighted by Crippen LogP contribution is -1.88. The van der Waals surface area contributed by atoms with Gasteiger partial charge in [0.25, 0.3) is 0 Å². The van der Waals surface area contributed by atoms with Crippen molar-refractivity contribution in [3.8, 4) is 17.2 Å². The zero-order valence-electron chi connectivity index (χ0n) is 16.1. The zero-order chi connectivity index (χ0) is 19.2. The van der Waals surface area contributed by atoms with E-state index in [2.05, 4.69) is 4.98 Å². The van der Waals surface area contributed by atoms with Crippen LogP contribution in [0.15, 0.2) is 73.1 Å².